The number of para-hydroxylation sites is 1. The van der Waals surface area contributed by atoms with E-state index < -0.39 is 6.04 Å². The molecule has 0 aliphatic rings. The maximum absolute atomic E-state index is 11.4. The monoisotopic (exact) mass is 268 g/mol. The number of rotatable bonds is 4. The average Bonchev–Trinajstić information content (AvgIpc) is 2.73. The standard InChI is InChI=1S/C13H16N2O2.ClH/c1-2-17-13(16)11(14)7-9-8-15-12-6-4-3-5-10(9)12;/h3-6,8,11,15H,2,7,14H2,1H3;1H/t11-;/m0./s1. The van der Waals surface area contributed by atoms with Gasteiger partial charge in [-0.3, -0.25) is 4.79 Å². The molecule has 0 unspecified atom stereocenters. The molecule has 1 atom stereocenters. The van der Waals surface area contributed by atoms with Crippen LogP contribution >= 0.6 is 12.4 Å². The summed E-state index contributed by atoms with van der Waals surface area (Å²) >= 11 is 0. The second-order valence-electron chi connectivity index (χ2n) is 3.92. The number of hydrogen-bond donors (Lipinski definition) is 2. The van der Waals surface area contributed by atoms with Gasteiger partial charge in [0.25, 0.3) is 0 Å². The number of carbonyl (C=O) groups excluding carboxylic acids is 1. The molecule has 18 heavy (non-hydrogen) atoms. The number of fused-ring (bicyclic) bond motifs is 1. The highest BCUT2D eigenvalue weighted by Gasteiger charge is 2.16. The van der Waals surface area contributed by atoms with Crippen molar-refractivity contribution in [2.45, 2.75) is 19.4 Å². The van der Waals surface area contributed by atoms with Crippen LogP contribution in [0.15, 0.2) is 30.5 Å². The van der Waals surface area contributed by atoms with Gasteiger partial charge in [0.2, 0.25) is 0 Å². The van der Waals surface area contributed by atoms with Crippen LogP contribution < -0.4 is 5.73 Å². The fraction of sp³-hybridized carbons (Fsp3) is 0.308. The first-order chi connectivity index (χ1) is 8.22. The Kier molecular flexibility index (Phi) is 5.19. The molecule has 1 aromatic carbocycles. The van der Waals surface area contributed by atoms with E-state index in [0.717, 1.165) is 16.5 Å². The second-order valence-corrected chi connectivity index (χ2v) is 3.92. The molecule has 3 N–H and O–H groups in total. The first kappa shape index (κ1) is 14.5. The number of H-pyrrole nitrogens is 1. The highest BCUT2D eigenvalue weighted by molar-refractivity contribution is 5.85. The summed E-state index contributed by atoms with van der Waals surface area (Å²) in [5.74, 6) is -0.349. The van der Waals surface area contributed by atoms with Gasteiger partial charge in [-0.15, -0.1) is 12.4 Å². The zero-order valence-electron chi connectivity index (χ0n) is 10.2. The van der Waals surface area contributed by atoms with Crippen molar-refractivity contribution < 1.29 is 9.53 Å². The van der Waals surface area contributed by atoms with E-state index >= 15 is 0 Å². The quantitative estimate of drug-likeness (QED) is 0.834. The SMILES string of the molecule is CCOC(=O)[C@@H](N)Cc1c[nH]c2ccccc12.Cl. The number of carbonyl (C=O) groups is 1. The Labute approximate surface area is 112 Å². The van der Waals surface area contributed by atoms with Crippen LogP contribution in [0.1, 0.15) is 12.5 Å². The van der Waals surface area contributed by atoms with E-state index in [9.17, 15) is 4.79 Å². The Morgan fingerprint density at radius 1 is 1.44 bits per heavy atom. The van der Waals surface area contributed by atoms with Gasteiger partial charge in [0.1, 0.15) is 6.04 Å². The summed E-state index contributed by atoms with van der Waals surface area (Å²) in [5, 5.41) is 1.10. The topological polar surface area (TPSA) is 68.1 Å². The minimum absolute atomic E-state index is 0. The fourth-order valence-electron chi connectivity index (χ4n) is 1.87. The maximum Gasteiger partial charge on any atom is 0.323 e. The fourth-order valence-corrected chi connectivity index (χ4v) is 1.87. The molecular formula is C13H17ClN2O2. The van der Waals surface area contributed by atoms with E-state index in [1.54, 1.807) is 6.92 Å². The summed E-state index contributed by atoms with van der Waals surface area (Å²) < 4.78 is 4.89. The number of esters is 1. The number of aromatic amines is 1. The van der Waals surface area contributed by atoms with E-state index in [4.69, 9.17) is 10.5 Å². The number of halogens is 1. The molecule has 0 bridgehead atoms. The molecule has 0 amide bonds. The van der Waals surface area contributed by atoms with Crippen molar-refractivity contribution in [3.63, 3.8) is 0 Å². The predicted octanol–water partition coefficient (Wildman–Crippen LogP) is 2.02. The van der Waals surface area contributed by atoms with Crippen molar-refractivity contribution in [2.24, 2.45) is 5.73 Å². The summed E-state index contributed by atoms with van der Waals surface area (Å²) in [6, 6.07) is 7.34. The molecule has 2 aromatic rings. The van der Waals surface area contributed by atoms with Crippen molar-refractivity contribution >= 4 is 29.3 Å². The zero-order chi connectivity index (χ0) is 12.3. The number of nitrogens with one attached hydrogen (secondary N) is 1. The van der Waals surface area contributed by atoms with Gasteiger partial charge in [0, 0.05) is 23.5 Å². The van der Waals surface area contributed by atoms with Crippen LogP contribution in [-0.2, 0) is 16.0 Å². The molecule has 5 heteroatoms. The predicted molar refractivity (Wildman–Crippen MR) is 73.9 cm³/mol. The highest BCUT2D eigenvalue weighted by atomic mass is 35.5. The first-order valence-corrected chi connectivity index (χ1v) is 5.69. The molecule has 1 heterocycles. The van der Waals surface area contributed by atoms with Gasteiger partial charge in [0.05, 0.1) is 6.61 Å². The van der Waals surface area contributed by atoms with Crippen LogP contribution in [0.4, 0.5) is 0 Å². The van der Waals surface area contributed by atoms with Gasteiger partial charge >= 0.3 is 5.97 Å². The van der Waals surface area contributed by atoms with Crippen LogP contribution in [0.2, 0.25) is 0 Å². The number of benzene rings is 1. The van der Waals surface area contributed by atoms with Gasteiger partial charge in [0.15, 0.2) is 0 Å². The molecular weight excluding hydrogens is 252 g/mol. The third-order valence-corrected chi connectivity index (χ3v) is 2.70. The number of nitrogens with two attached hydrogens (primary N) is 1. The van der Waals surface area contributed by atoms with E-state index in [-0.39, 0.29) is 18.4 Å². The van der Waals surface area contributed by atoms with Gasteiger partial charge in [-0.05, 0) is 18.6 Å². The summed E-state index contributed by atoms with van der Waals surface area (Å²) in [7, 11) is 0. The maximum atomic E-state index is 11.4. The molecule has 0 spiro atoms. The van der Waals surface area contributed by atoms with Crippen LogP contribution in [0.5, 0.6) is 0 Å². The summed E-state index contributed by atoms with van der Waals surface area (Å²) in [4.78, 5) is 14.6. The number of ether oxygens (including phenoxy) is 1. The molecule has 0 saturated carbocycles. The van der Waals surface area contributed by atoms with Gasteiger partial charge in [-0.1, -0.05) is 18.2 Å². The molecule has 0 aliphatic carbocycles. The molecule has 0 aliphatic heterocycles. The van der Waals surface area contributed by atoms with E-state index in [0.29, 0.717) is 13.0 Å². The lowest BCUT2D eigenvalue weighted by atomic mass is 10.1. The molecule has 2 rings (SSSR count). The summed E-state index contributed by atoms with van der Waals surface area (Å²) in [5.41, 5.74) is 7.89. The summed E-state index contributed by atoms with van der Waals surface area (Å²) in [6.07, 6.45) is 2.38. The summed E-state index contributed by atoms with van der Waals surface area (Å²) in [6.45, 7) is 2.14. The molecule has 1 aromatic heterocycles. The van der Waals surface area contributed by atoms with Crippen LogP contribution in [0, 0.1) is 0 Å². The molecule has 0 fully saturated rings. The Morgan fingerprint density at radius 3 is 2.89 bits per heavy atom. The van der Waals surface area contributed by atoms with Crippen LogP contribution in [-0.4, -0.2) is 23.6 Å². The Hall–Kier alpha value is -1.52. The first-order valence-electron chi connectivity index (χ1n) is 5.69. The van der Waals surface area contributed by atoms with Gasteiger partial charge < -0.3 is 15.5 Å². The van der Waals surface area contributed by atoms with Crippen molar-refractivity contribution in [3.8, 4) is 0 Å². The largest absolute Gasteiger partial charge is 0.465 e. The van der Waals surface area contributed by atoms with Crippen LogP contribution in [0.3, 0.4) is 0 Å². The zero-order valence-corrected chi connectivity index (χ0v) is 11.0. The molecule has 0 saturated heterocycles. The molecule has 0 radical (unpaired) electrons. The lowest BCUT2D eigenvalue weighted by Crippen LogP contribution is -2.34. The minimum atomic E-state index is -0.603. The minimum Gasteiger partial charge on any atom is -0.465 e. The van der Waals surface area contributed by atoms with Crippen molar-refractivity contribution in [3.05, 3.63) is 36.0 Å². The molecule has 98 valence electrons. The Balaban J connectivity index is 0.00000162. The second kappa shape index (κ2) is 6.42. The molecule has 4 nitrogen and oxygen atoms in total. The average molecular weight is 269 g/mol. The van der Waals surface area contributed by atoms with Crippen molar-refractivity contribution in [1.82, 2.24) is 4.98 Å². The number of hydrogen-bond acceptors (Lipinski definition) is 3. The Morgan fingerprint density at radius 2 is 2.17 bits per heavy atom. The van der Waals surface area contributed by atoms with Crippen molar-refractivity contribution in [1.29, 1.82) is 0 Å². The Bertz CT molecular complexity index is 524. The highest BCUT2D eigenvalue weighted by Crippen LogP contribution is 2.18. The normalized spacial score (nSPS) is 11.9. The van der Waals surface area contributed by atoms with Gasteiger partial charge in [-0.2, -0.15) is 0 Å². The third kappa shape index (κ3) is 3.03. The smallest absolute Gasteiger partial charge is 0.323 e. The van der Waals surface area contributed by atoms with E-state index in [1.807, 2.05) is 30.5 Å². The van der Waals surface area contributed by atoms with E-state index in [1.165, 1.54) is 0 Å². The third-order valence-electron chi connectivity index (χ3n) is 2.70. The number of aromatic nitrogens is 1. The van der Waals surface area contributed by atoms with Crippen molar-refractivity contribution in [2.75, 3.05) is 6.61 Å². The lowest BCUT2D eigenvalue weighted by molar-refractivity contribution is -0.144. The van der Waals surface area contributed by atoms with Crippen LogP contribution in [0.25, 0.3) is 10.9 Å². The van der Waals surface area contributed by atoms with E-state index in [2.05, 4.69) is 4.98 Å². The lowest BCUT2D eigenvalue weighted by Gasteiger charge is -2.09. The van der Waals surface area contributed by atoms with Gasteiger partial charge in [-0.25, -0.2) is 0 Å².